The third-order valence-corrected chi connectivity index (χ3v) is 7.43. The van der Waals surface area contributed by atoms with E-state index < -0.39 is 10.0 Å². The molecule has 1 N–H and O–H groups in total. The van der Waals surface area contributed by atoms with Crippen LogP contribution in [-0.2, 0) is 10.0 Å². The second-order valence-corrected chi connectivity index (χ2v) is 9.72. The number of hydrogen-bond donors (Lipinski definition) is 1. The van der Waals surface area contributed by atoms with E-state index in [0.717, 1.165) is 31.7 Å². The number of nitrogens with zero attached hydrogens (tertiary/aromatic N) is 2. The maximum atomic E-state index is 12.8. The second-order valence-electron chi connectivity index (χ2n) is 7.02. The molecule has 1 aromatic heterocycles. The van der Waals surface area contributed by atoms with Gasteiger partial charge in [-0.2, -0.15) is 0 Å². The lowest BCUT2D eigenvalue weighted by atomic mass is 10.1. The van der Waals surface area contributed by atoms with Gasteiger partial charge < -0.3 is 4.90 Å². The zero-order valence-corrected chi connectivity index (χ0v) is 17.2. The van der Waals surface area contributed by atoms with E-state index in [1.54, 1.807) is 23.5 Å². The first-order valence-electron chi connectivity index (χ1n) is 8.92. The fourth-order valence-corrected chi connectivity index (χ4v) is 5.61. The summed E-state index contributed by atoms with van der Waals surface area (Å²) in [7, 11) is -1.42. The summed E-state index contributed by atoms with van der Waals surface area (Å²) in [5.41, 5.74) is 1.05. The van der Waals surface area contributed by atoms with E-state index >= 15 is 0 Å². The van der Waals surface area contributed by atoms with Crippen LogP contribution in [0.3, 0.4) is 0 Å². The summed E-state index contributed by atoms with van der Waals surface area (Å²) in [6.07, 6.45) is 0. The third-order valence-electron chi connectivity index (χ3n) is 4.91. The van der Waals surface area contributed by atoms with Crippen LogP contribution in [0.4, 0.5) is 0 Å². The summed E-state index contributed by atoms with van der Waals surface area (Å²) in [5.74, 6) is 0. The molecular weight excluding hydrogens is 366 g/mol. The molecule has 0 unspecified atom stereocenters. The summed E-state index contributed by atoms with van der Waals surface area (Å²) in [4.78, 5) is 6.23. The van der Waals surface area contributed by atoms with Crippen LogP contribution in [-0.4, -0.2) is 57.5 Å². The van der Waals surface area contributed by atoms with Gasteiger partial charge in [0.25, 0.3) is 0 Å². The molecule has 26 heavy (non-hydrogen) atoms. The van der Waals surface area contributed by atoms with Crippen LogP contribution in [0.25, 0.3) is 0 Å². The van der Waals surface area contributed by atoms with Crippen molar-refractivity contribution in [3.05, 3.63) is 52.2 Å². The van der Waals surface area contributed by atoms with Crippen molar-refractivity contribution in [3.8, 4) is 0 Å². The van der Waals surface area contributed by atoms with Crippen LogP contribution in [0.15, 0.2) is 46.7 Å². The van der Waals surface area contributed by atoms with E-state index in [1.807, 2.05) is 32.0 Å². The molecule has 1 aliphatic heterocycles. The van der Waals surface area contributed by atoms with Crippen molar-refractivity contribution in [2.45, 2.75) is 30.8 Å². The number of likely N-dealkylation sites (N-methyl/N-ethyl adjacent to an activating group) is 1. The molecule has 0 aliphatic carbocycles. The summed E-state index contributed by atoms with van der Waals surface area (Å²) in [5, 5.41) is 2.06. The fourth-order valence-electron chi connectivity index (χ4n) is 3.40. The summed E-state index contributed by atoms with van der Waals surface area (Å²) in [6.45, 7) is 7.80. The SMILES string of the molecule is Cc1ccc(S(=O)(=O)N[C@@H](C)[C@H](c2cccs2)N2CCN(C)CC2)cc1. The standard InChI is InChI=1S/C19H27N3O2S2/c1-15-6-8-17(9-7-15)26(23,24)20-16(2)19(18-5-4-14-25-18)22-12-10-21(3)11-13-22/h4-9,14,16,19-20H,10-13H2,1-3H3/t16-,19+/m0/s1. The van der Waals surface area contributed by atoms with Crippen LogP contribution in [0.2, 0.25) is 0 Å². The Bertz CT molecular complexity index is 796. The molecule has 0 amide bonds. The molecule has 0 spiro atoms. The van der Waals surface area contributed by atoms with Gasteiger partial charge in [0, 0.05) is 37.1 Å². The van der Waals surface area contributed by atoms with Crippen LogP contribution >= 0.6 is 11.3 Å². The molecule has 5 nitrogen and oxygen atoms in total. The fraction of sp³-hybridized carbons (Fsp3) is 0.474. The highest BCUT2D eigenvalue weighted by Gasteiger charge is 2.31. The van der Waals surface area contributed by atoms with E-state index in [-0.39, 0.29) is 12.1 Å². The van der Waals surface area contributed by atoms with Crippen molar-refractivity contribution in [2.75, 3.05) is 33.2 Å². The lowest BCUT2D eigenvalue weighted by Crippen LogP contribution is -2.51. The largest absolute Gasteiger partial charge is 0.304 e. The van der Waals surface area contributed by atoms with Gasteiger partial charge in [-0.25, -0.2) is 13.1 Å². The number of benzene rings is 1. The van der Waals surface area contributed by atoms with Gasteiger partial charge in [0.15, 0.2) is 0 Å². The van der Waals surface area contributed by atoms with E-state index in [1.165, 1.54) is 4.88 Å². The quantitative estimate of drug-likeness (QED) is 0.820. The Morgan fingerprint density at radius 2 is 1.73 bits per heavy atom. The molecule has 2 atom stereocenters. The van der Waals surface area contributed by atoms with Crippen LogP contribution in [0.5, 0.6) is 0 Å². The number of nitrogens with one attached hydrogen (secondary N) is 1. The van der Waals surface area contributed by atoms with Crippen LogP contribution in [0, 0.1) is 6.92 Å². The highest BCUT2D eigenvalue weighted by atomic mass is 32.2. The first kappa shape index (κ1) is 19.5. The first-order chi connectivity index (χ1) is 12.4. The van der Waals surface area contributed by atoms with Crippen molar-refractivity contribution in [2.24, 2.45) is 0 Å². The van der Waals surface area contributed by atoms with Gasteiger partial charge in [0.2, 0.25) is 10.0 Å². The van der Waals surface area contributed by atoms with Gasteiger partial charge in [-0.1, -0.05) is 23.8 Å². The number of hydrogen-bond acceptors (Lipinski definition) is 5. The molecule has 7 heteroatoms. The molecule has 2 aromatic rings. The molecule has 1 aliphatic rings. The van der Waals surface area contributed by atoms with Crippen molar-refractivity contribution in [3.63, 3.8) is 0 Å². The van der Waals surface area contributed by atoms with E-state index in [0.29, 0.717) is 4.90 Å². The predicted molar refractivity (Wildman–Crippen MR) is 107 cm³/mol. The molecule has 0 saturated carbocycles. The normalized spacial score (nSPS) is 19.3. The van der Waals surface area contributed by atoms with Crippen molar-refractivity contribution >= 4 is 21.4 Å². The summed E-state index contributed by atoms with van der Waals surface area (Å²) < 4.78 is 28.6. The predicted octanol–water partition coefficient (Wildman–Crippen LogP) is 2.71. The van der Waals surface area contributed by atoms with Crippen molar-refractivity contribution in [1.82, 2.24) is 14.5 Å². The zero-order valence-electron chi connectivity index (χ0n) is 15.6. The van der Waals surface area contributed by atoms with E-state index in [4.69, 9.17) is 0 Å². The lowest BCUT2D eigenvalue weighted by Gasteiger charge is -2.40. The third kappa shape index (κ3) is 4.53. The minimum Gasteiger partial charge on any atom is -0.304 e. The molecule has 0 radical (unpaired) electrons. The van der Waals surface area contributed by atoms with Crippen molar-refractivity contribution in [1.29, 1.82) is 0 Å². The zero-order chi connectivity index (χ0) is 18.7. The smallest absolute Gasteiger partial charge is 0.240 e. The monoisotopic (exact) mass is 393 g/mol. The minimum absolute atomic E-state index is 0.0453. The molecule has 2 heterocycles. The van der Waals surface area contributed by atoms with Gasteiger partial charge in [-0.3, -0.25) is 4.90 Å². The summed E-state index contributed by atoms with van der Waals surface area (Å²) in [6, 6.07) is 11.0. The van der Waals surface area contributed by atoms with Crippen molar-refractivity contribution < 1.29 is 8.42 Å². The Kier molecular flexibility index (Phi) is 6.14. The van der Waals surface area contributed by atoms with Gasteiger partial charge in [0.05, 0.1) is 10.9 Å². The highest BCUT2D eigenvalue weighted by Crippen LogP contribution is 2.30. The molecule has 1 aromatic carbocycles. The average molecular weight is 394 g/mol. The molecule has 142 valence electrons. The molecule has 0 bridgehead atoms. The molecule has 1 saturated heterocycles. The van der Waals surface area contributed by atoms with Crippen LogP contribution < -0.4 is 4.72 Å². The Labute approximate surface area is 160 Å². The average Bonchev–Trinajstić information content (AvgIpc) is 3.11. The Morgan fingerprint density at radius 3 is 2.31 bits per heavy atom. The summed E-state index contributed by atoms with van der Waals surface area (Å²) >= 11 is 1.69. The minimum atomic E-state index is -3.54. The number of rotatable bonds is 6. The number of piperazine rings is 1. The van der Waals surface area contributed by atoms with Crippen LogP contribution in [0.1, 0.15) is 23.4 Å². The van der Waals surface area contributed by atoms with E-state index in [9.17, 15) is 8.42 Å². The van der Waals surface area contributed by atoms with E-state index in [2.05, 4.69) is 33.0 Å². The second kappa shape index (κ2) is 8.19. The van der Waals surface area contributed by atoms with Gasteiger partial charge >= 0.3 is 0 Å². The number of sulfonamides is 1. The number of thiophene rings is 1. The Hall–Kier alpha value is -1.25. The van der Waals surface area contributed by atoms with Gasteiger partial charge in [-0.15, -0.1) is 11.3 Å². The molecule has 3 rings (SSSR count). The Morgan fingerprint density at radius 1 is 1.08 bits per heavy atom. The maximum absolute atomic E-state index is 12.8. The van der Waals surface area contributed by atoms with Gasteiger partial charge in [0.1, 0.15) is 0 Å². The topological polar surface area (TPSA) is 52.7 Å². The lowest BCUT2D eigenvalue weighted by molar-refractivity contribution is 0.0994. The Balaban J connectivity index is 1.81. The maximum Gasteiger partial charge on any atom is 0.240 e. The highest BCUT2D eigenvalue weighted by molar-refractivity contribution is 7.89. The molecular formula is C19H27N3O2S2. The van der Waals surface area contributed by atoms with Gasteiger partial charge in [-0.05, 0) is 44.5 Å². The number of aryl methyl sites for hydroxylation is 1. The first-order valence-corrected chi connectivity index (χ1v) is 11.3. The molecule has 1 fully saturated rings.